The lowest BCUT2D eigenvalue weighted by Gasteiger charge is -2.54. The van der Waals surface area contributed by atoms with E-state index in [2.05, 4.69) is 10.2 Å². The molecule has 1 aliphatic carbocycles. The molecule has 8 nitrogen and oxygen atoms in total. The number of carboxylic acids is 1. The lowest BCUT2D eigenvalue weighted by atomic mass is 9.71. The van der Waals surface area contributed by atoms with Gasteiger partial charge in [0.25, 0.3) is 0 Å². The average Bonchev–Trinajstić information content (AvgIpc) is 2.56. The summed E-state index contributed by atoms with van der Waals surface area (Å²) >= 11 is 0. The summed E-state index contributed by atoms with van der Waals surface area (Å²) in [5.74, 6) is -0.765. The number of nitrogens with zero attached hydrogens (tertiary/aromatic N) is 2. The molecule has 154 valence electrons. The fraction of sp³-hybridized carbons (Fsp3) is 0.895. The fourth-order valence-electron chi connectivity index (χ4n) is 4.35. The number of carbonyl (C=O) groups is 2. The summed E-state index contributed by atoms with van der Waals surface area (Å²) in [6, 6.07) is 0. The van der Waals surface area contributed by atoms with E-state index in [1.54, 1.807) is 0 Å². The number of carbonyl (C=O) groups excluding carboxylic acids is 1. The zero-order valence-corrected chi connectivity index (χ0v) is 16.8. The molecule has 0 atom stereocenters. The Morgan fingerprint density at radius 1 is 1.07 bits per heavy atom. The molecule has 4 aliphatic rings. The van der Waals surface area contributed by atoms with Crippen LogP contribution in [0.3, 0.4) is 0 Å². The molecule has 0 aromatic heterocycles. The number of amides is 1. The highest BCUT2D eigenvalue weighted by molar-refractivity contribution is 5.69. The first-order valence-corrected chi connectivity index (χ1v) is 9.91. The van der Waals surface area contributed by atoms with Gasteiger partial charge in [-0.15, -0.1) is 0 Å². The zero-order chi connectivity index (χ0) is 19.7. The van der Waals surface area contributed by atoms with E-state index in [1.165, 1.54) is 0 Å². The van der Waals surface area contributed by atoms with Gasteiger partial charge in [0.05, 0.1) is 24.3 Å². The number of alkyl carbamates (subject to hydrolysis) is 1. The summed E-state index contributed by atoms with van der Waals surface area (Å²) in [6.07, 6.45) is 3.31. The van der Waals surface area contributed by atoms with Crippen LogP contribution < -0.4 is 5.32 Å². The van der Waals surface area contributed by atoms with Crippen molar-refractivity contribution in [1.82, 2.24) is 15.1 Å². The molecule has 27 heavy (non-hydrogen) atoms. The van der Waals surface area contributed by atoms with Gasteiger partial charge in [0.1, 0.15) is 5.60 Å². The molecular weight excluding hydrogens is 350 g/mol. The normalized spacial score (nSPS) is 32.3. The average molecular weight is 383 g/mol. The summed E-state index contributed by atoms with van der Waals surface area (Å²) in [4.78, 5) is 27.4. The Bertz CT molecular complexity index is 542. The first-order valence-electron chi connectivity index (χ1n) is 9.91. The molecule has 2 N–H and O–H groups in total. The van der Waals surface area contributed by atoms with Gasteiger partial charge in [-0.2, -0.15) is 0 Å². The first kappa shape index (κ1) is 20.4. The van der Waals surface area contributed by atoms with Crippen LogP contribution in [0.5, 0.6) is 0 Å². The smallest absolute Gasteiger partial charge is 0.408 e. The number of nitrogens with one attached hydrogen (secondary N) is 1. The molecule has 4 fully saturated rings. The van der Waals surface area contributed by atoms with Crippen LogP contribution in [0, 0.1) is 0 Å². The Morgan fingerprint density at radius 3 is 2.15 bits per heavy atom. The Hall–Kier alpha value is -1.38. The van der Waals surface area contributed by atoms with Crippen molar-refractivity contribution in [2.24, 2.45) is 0 Å². The van der Waals surface area contributed by atoms with Crippen LogP contribution in [0.25, 0.3) is 0 Å². The predicted octanol–water partition coefficient (Wildman–Crippen LogP) is 1.30. The monoisotopic (exact) mass is 383 g/mol. The Morgan fingerprint density at radius 2 is 1.67 bits per heavy atom. The largest absolute Gasteiger partial charge is 0.480 e. The molecule has 0 spiro atoms. The molecule has 0 aromatic rings. The Balaban J connectivity index is 1.47. The van der Waals surface area contributed by atoms with Crippen LogP contribution in [-0.2, 0) is 14.3 Å². The van der Waals surface area contributed by atoms with Gasteiger partial charge in [-0.3, -0.25) is 14.6 Å². The molecule has 4 rings (SSSR count). The van der Waals surface area contributed by atoms with Gasteiger partial charge in [-0.25, -0.2) is 4.79 Å². The molecule has 2 bridgehead atoms. The number of piperazine rings is 1. The number of fused-ring (bicyclic) bond motifs is 3. The number of ether oxygens (including phenoxy) is 2. The minimum Gasteiger partial charge on any atom is -0.480 e. The third-order valence-corrected chi connectivity index (χ3v) is 5.87. The van der Waals surface area contributed by atoms with Crippen LogP contribution in [-0.4, -0.2) is 89.6 Å². The third kappa shape index (κ3) is 5.33. The van der Waals surface area contributed by atoms with E-state index < -0.39 is 11.6 Å². The molecule has 3 aliphatic heterocycles. The van der Waals surface area contributed by atoms with Gasteiger partial charge in [0.2, 0.25) is 0 Å². The lowest BCUT2D eigenvalue weighted by molar-refractivity contribution is -0.172. The van der Waals surface area contributed by atoms with Crippen molar-refractivity contribution in [2.45, 2.75) is 63.2 Å². The topological polar surface area (TPSA) is 91.3 Å². The number of rotatable bonds is 5. The van der Waals surface area contributed by atoms with E-state index in [0.717, 1.165) is 58.4 Å². The molecule has 1 saturated carbocycles. The number of carboxylic acid groups (broad SMARTS) is 1. The Kier molecular flexibility index (Phi) is 5.70. The van der Waals surface area contributed by atoms with Crippen molar-refractivity contribution in [1.29, 1.82) is 0 Å². The summed E-state index contributed by atoms with van der Waals surface area (Å²) in [5, 5.41) is 12.0. The summed E-state index contributed by atoms with van der Waals surface area (Å²) in [5.41, 5.74) is -0.936. The van der Waals surface area contributed by atoms with Gasteiger partial charge in [0, 0.05) is 32.7 Å². The third-order valence-electron chi connectivity index (χ3n) is 5.87. The lowest BCUT2D eigenvalue weighted by Crippen LogP contribution is -2.66. The number of aliphatic carboxylic acids is 1. The van der Waals surface area contributed by atoms with Crippen molar-refractivity contribution >= 4 is 12.1 Å². The quantitative estimate of drug-likeness (QED) is 0.739. The number of hydrogen-bond donors (Lipinski definition) is 2. The van der Waals surface area contributed by atoms with E-state index in [9.17, 15) is 9.59 Å². The van der Waals surface area contributed by atoms with Crippen molar-refractivity contribution < 1.29 is 24.2 Å². The maximum atomic E-state index is 12.2. The molecule has 0 unspecified atom stereocenters. The Labute approximate surface area is 161 Å². The molecule has 3 heterocycles. The second-order valence-corrected chi connectivity index (χ2v) is 9.32. The molecular formula is C19H33N3O5. The summed E-state index contributed by atoms with van der Waals surface area (Å²) in [7, 11) is 0. The van der Waals surface area contributed by atoms with Gasteiger partial charge < -0.3 is 19.9 Å². The van der Waals surface area contributed by atoms with Crippen molar-refractivity contribution in [2.75, 3.05) is 45.9 Å². The molecule has 8 heteroatoms. The highest BCUT2D eigenvalue weighted by Gasteiger charge is 2.51. The first-order chi connectivity index (χ1) is 12.6. The van der Waals surface area contributed by atoms with Crippen LogP contribution in [0.15, 0.2) is 0 Å². The second kappa shape index (κ2) is 7.56. The van der Waals surface area contributed by atoms with E-state index in [0.29, 0.717) is 6.61 Å². The summed E-state index contributed by atoms with van der Waals surface area (Å²) < 4.78 is 11.7. The molecule has 1 amide bonds. The fourth-order valence-corrected chi connectivity index (χ4v) is 4.35. The standard InChI is InChI=1S/C19H33N3O5/c1-17(2,3)27-16(25)20-18-4-6-19(7-5-18,26-14-18)13-22-10-8-21(9-11-22)12-15(23)24/h4-14H2,1-3H3,(H,20,25)(H,23,24). The van der Waals surface area contributed by atoms with Gasteiger partial charge in [-0.1, -0.05) is 0 Å². The molecule has 0 radical (unpaired) electrons. The van der Waals surface area contributed by atoms with E-state index >= 15 is 0 Å². The van der Waals surface area contributed by atoms with Crippen LogP contribution in [0.4, 0.5) is 4.79 Å². The van der Waals surface area contributed by atoms with Gasteiger partial charge in [0.15, 0.2) is 0 Å². The second-order valence-electron chi connectivity index (χ2n) is 9.32. The highest BCUT2D eigenvalue weighted by atomic mass is 16.6. The van der Waals surface area contributed by atoms with Crippen LogP contribution in [0.2, 0.25) is 0 Å². The SMILES string of the molecule is CC(C)(C)OC(=O)NC12CCC(CN3CCN(CC(=O)O)CC3)(CC1)OC2. The van der Waals surface area contributed by atoms with E-state index in [-0.39, 0.29) is 23.8 Å². The van der Waals surface area contributed by atoms with Crippen molar-refractivity contribution in [3.8, 4) is 0 Å². The minimum absolute atomic E-state index is 0.119. The van der Waals surface area contributed by atoms with Crippen molar-refractivity contribution in [3.05, 3.63) is 0 Å². The van der Waals surface area contributed by atoms with Crippen LogP contribution in [0.1, 0.15) is 46.5 Å². The molecule has 0 aromatic carbocycles. The zero-order valence-electron chi connectivity index (χ0n) is 16.8. The number of hydrogen-bond acceptors (Lipinski definition) is 6. The van der Waals surface area contributed by atoms with Crippen molar-refractivity contribution in [3.63, 3.8) is 0 Å². The van der Waals surface area contributed by atoms with E-state index in [1.807, 2.05) is 25.7 Å². The van der Waals surface area contributed by atoms with Crippen LogP contribution >= 0.6 is 0 Å². The van der Waals surface area contributed by atoms with Gasteiger partial charge >= 0.3 is 12.1 Å². The highest BCUT2D eigenvalue weighted by Crippen LogP contribution is 2.44. The molecule has 3 saturated heterocycles. The van der Waals surface area contributed by atoms with Gasteiger partial charge in [-0.05, 0) is 46.5 Å². The maximum absolute atomic E-state index is 12.2. The van der Waals surface area contributed by atoms with E-state index in [4.69, 9.17) is 14.6 Å². The summed E-state index contributed by atoms with van der Waals surface area (Å²) in [6.45, 7) is 10.4. The maximum Gasteiger partial charge on any atom is 0.408 e. The predicted molar refractivity (Wildman–Crippen MR) is 99.8 cm³/mol. The minimum atomic E-state index is -0.765.